The lowest BCUT2D eigenvalue weighted by molar-refractivity contribution is 0.878. The minimum Gasteiger partial charge on any atom is -0.135 e. The van der Waals surface area contributed by atoms with E-state index in [4.69, 9.17) is 0 Å². The van der Waals surface area contributed by atoms with Crippen LogP contribution in [0.25, 0.3) is 47.7 Å². The first kappa shape index (κ1) is 19.3. The van der Waals surface area contributed by atoms with Gasteiger partial charge in [0.2, 0.25) is 0 Å². The van der Waals surface area contributed by atoms with Crippen LogP contribution in [0.4, 0.5) is 0 Å². The quantitative estimate of drug-likeness (QED) is 0.243. The number of aryl methyl sites for hydroxylation is 2. The lowest BCUT2D eigenvalue weighted by Crippen LogP contribution is -1.92. The molecule has 0 saturated carbocycles. The molecule has 4 aromatic carbocycles. The summed E-state index contributed by atoms with van der Waals surface area (Å²) in [6, 6.07) is 30.0. The SMILES string of the molecule is Cc1ccc(C2=CC3c4ccc5c6c(ccc(c46)C3S2)-c2sc(-c3ccc(C)cc3)cc2-5)cc1. The Morgan fingerprint density at radius 1 is 0.618 bits per heavy atom. The molecule has 0 fully saturated rings. The van der Waals surface area contributed by atoms with Crippen LogP contribution in [0.15, 0.2) is 84.9 Å². The van der Waals surface area contributed by atoms with Crippen LogP contribution in [-0.2, 0) is 0 Å². The van der Waals surface area contributed by atoms with E-state index in [0.29, 0.717) is 11.2 Å². The molecule has 162 valence electrons. The van der Waals surface area contributed by atoms with E-state index in [1.807, 2.05) is 11.3 Å². The van der Waals surface area contributed by atoms with Crippen molar-refractivity contribution in [3.63, 3.8) is 0 Å². The predicted molar refractivity (Wildman–Crippen MR) is 149 cm³/mol. The van der Waals surface area contributed by atoms with Gasteiger partial charge in [0, 0.05) is 37.0 Å². The summed E-state index contributed by atoms with van der Waals surface area (Å²) in [5.41, 5.74) is 12.6. The Balaban J connectivity index is 1.26. The van der Waals surface area contributed by atoms with Crippen molar-refractivity contribution < 1.29 is 0 Å². The molecule has 0 N–H and O–H groups in total. The highest BCUT2D eigenvalue weighted by molar-refractivity contribution is 8.08. The van der Waals surface area contributed by atoms with Gasteiger partial charge in [0.1, 0.15) is 0 Å². The second kappa shape index (κ2) is 6.75. The highest BCUT2D eigenvalue weighted by Gasteiger charge is 2.41. The predicted octanol–water partition coefficient (Wildman–Crippen LogP) is 9.76. The summed E-state index contributed by atoms with van der Waals surface area (Å²) in [6.45, 7) is 4.31. The molecule has 2 heteroatoms. The Morgan fingerprint density at radius 2 is 1.29 bits per heavy atom. The number of thiophene rings is 1. The normalized spacial score (nSPS) is 18.9. The Hall–Kier alpha value is -3.07. The van der Waals surface area contributed by atoms with Gasteiger partial charge in [-0.25, -0.2) is 0 Å². The summed E-state index contributed by atoms with van der Waals surface area (Å²) in [5, 5.41) is 3.52. The van der Waals surface area contributed by atoms with Crippen molar-refractivity contribution >= 4 is 38.8 Å². The zero-order valence-corrected chi connectivity index (χ0v) is 20.7. The molecule has 3 aliphatic rings. The molecule has 2 aliphatic carbocycles. The number of hydrogen-bond acceptors (Lipinski definition) is 2. The zero-order valence-electron chi connectivity index (χ0n) is 19.1. The van der Waals surface area contributed by atoms with Crippen LogP contribution >= 0.6 is 23.1 Å². The maximum absolute atomic E-state index is 2.53. The first-order valence-corrected chi connectivity index (χ1v) is 13.6. The summed E-state index contributed by atoms with van der Waals surface area (Å²) >= 11 is 4.00. The van der Waals surface area contributed by atoms with Gasteiger partial charge in [-0.2, -0.15) is 0 Å². The molecule has 0 radical (unpaired) electrons. The molecule has 0 amide bonds. The third kappa shape index (κ3) is 2.50. The number of rotatable bonds is 2. The van der Waals surface area contributed by atoms with Crippen LogP contribution < -0.4 is 0 Å². The van der Waals surface area contributed by atoms with Gasteiger partial charge in [-0.15, -0.1) is 23.1 Å². The van der Waals surface area contributed by atoms with Crippen molar-refractivity contribution in [1.82, 2.24) is 0 Å². The number of hydrogen-bond donors (Lipinski definition) is 0. The van der Waals surface area contributed by atoms with Crippen LogP contribution in [-0.4, -0.2) is 0 Å². The smallest absolute Gasteiger partial charge is 0.0454 e. The van der Waals surface area contributed by atoms with Crippen molar-refractivity contribution in [2.75, 3.05) is 0 Å². The second-order valence-electron chi connectivity index (χ2n) is 9.84. The van der Waals surface area contributed by atoms with Gasteiger partial charge in [-0.3, -0.25) is 0 Å². The van der Waals surface area contributed by atoms with E-state index >= 15 is 0 Å². The van der Waals surface area contributed by atoms with Crippen LogP contribution in [0.1, 0.15) is 39.0 Å². The molecule has 1 aromatic heterocycles. The fourth-order valence-corrected chi connectivity index (χ4v) is 8.70. The Kier molecular flexibility index (Phi) is 3.82. The average Bonchev–Trinajstić information content (AvgIpc) is 3.59. The summed E-state index contributed by atoms with van der Waals surface area (Å²) in [5.74, 6) is 0.474. The zero-order chi connectivity index (χ0) is 22.6. The van der Waals surface area contributed by atoms with Gasteiger partial charge in [-0.05, 0) is 58.5 Å². The minimum atomic E-state index is 0.474. The molecule has 0 nitrogen and oxygen atoms in total. The highest BCUT2D eigenvalue weighted by atomic mass is 32.2. The average molecular weight is 471 g/mol. The maximum atomic E-state index is 2.53. The van der Waals surface area contributed by atoms with Crippen molar-refractivity contribution in [2.45, 2.75) is 25.0 Å². The Labute approximate surface area is 208 Å². The molecule has 2 atom stereocenters. The van der Waals surface area contributed by atoms with Gasteiger partial charge in [0.15, 0.2) is 0 Å². The summed E-state index contributed by atoms with van der Waals surface area (Å²) in [6.07, 6.45) is 2.53. The summed E-state index contributed by atoms with van der Waals surface area (Å²) in [7, 11) is 0. The largest absolute Gasteiger partial charge is 0.135 e. The summed E-state index contributed by atoms with van der Waals surface area (Å²) < 4.78 is 0. The lowest BCUT2D eigenvalue weighted by Gasteiger charge is -2.11. The van der Waals surface area contributed by atoms with Crippen LogP contribution in [0.3, 0.4) is 0 Å². The lowest BCUT2D eigenvalue weighted by atomic mass is 9.95. The number of benzene rings is 4. The van der Waals surface area contributed by atoms with E-state index in [1.54, 1.807) is 0 Å². The molecule has 2 heterocycles. The van der Waals surface area contributed by atoms with Gasteiger partial charge in [0.05, 0.1) is 0 Å². The van der Waals surface area contributed by atoms with Crippen LogP contribution in [0.2, 0.25) is 0 Å². The maximum Gasteiger partial charge on any atom is 0.0454 e. The van der Waals surface area contributed by atoms with E-state index in [-0.39, 0.29) is 0 Å². The molecular weight excluding hydrogens is 448 g/mol. The molecule has 34 heavy (non-hydrogen) atoms. The van der Waals surface area contributed by atoms with E-state index in [9.17, 15) is 0 Å². The number of thioether (sulfide) groups is 1. The first-order chi connectivity index (χ1) is 16.7. The van der Waals surface area contributed by atoms with Crippen molar-refractivity contribution in [1.29, 1.82) is 0 Å². The van der Waals surface area contributed by atoms with Crippen LogP contribution in [0, 0.1) is 13.8 Å². The molecule has 5 aromatic rings. The van der Waals surface area contributed by atoms with Gasteiger partial charge in [0.25, 0.3) is 0 Å². The molecule has 0 bridgehead atoms. The van der Waals surface area contributed by atoms with E-state index in [0.717, 1.165) is 0 Å². The molecular formula is C32H22S2. The molecule has 1 aliphatic heterocycles. The highest BCUT2D eigenvalue weighted by Crippen LogP contribution is 2.64. The Bertz CT molecular complexity index is 1650. The van der Waals surface area contributed by atoms with E-state index in [2.05, 4.69) is 111 Å². The monoisotopic (exact) mass is 470 g/mol. The van der Waals surface area contributed by atoms with Gasteiger partial charge < -0.3 is 0 Å². The molecule has 0 spiro atoms. The van der Waals surface area contributed by atoms with Gasteiger partial charge in [-0.1, -0.05) is 90.0 Å². The summed E-state index contributed by atoms with van der Waals surface area (Å²) in [4.78, 5) is 4.23. The third-order valence-electron chi connectivity index (χ3n) is 7.74. The molecule has 2 unspecified atom stereocenters. The minimum absolute atomic E-state index is 0.474. The third-order valence-corrected chi connectivity index (χ3v) is 10.4. The number of fused-ring (bicyclic) bond motifs is 6. The van der Waals surface area contributed by atoms with Gasteiger partial charge >= 0.3 is 0 Å². The van der Waals surface area contributed by atoms with Crippen molar-refractivity contribution in [3.8, 4) is 32.0 Å². The fourth-order valence-electron chi connectivity index (χ4n) is 6.02. The van der Waals surface area contributed by atoms with Crippen molar-refractivity contribution in [3.05, 3.63) is 113 Å². The van der Waals surface area contributed by atoms with E-state index in [1.165, 1.54) is 75.5 Å². The van der Waals surface area contributed by atoms with E-state index < -0.39 is 0 Å². The standard InChI is InChI=1S/C32H22S2/c1-17-3-7-19(8-4-17)27-15-25-21-11-12-22-26-16-28(20-9-5-18(2)6-10-20)34-32(26)24-14-13-23(31(25)33-27)29(21)30(22)24/h3-16,25,31H,1-2H3. The number of allylic oxidation sites excluding steroid dienone is 1. The first-order valence-electron chi connectivity index (χ1n) is 11.9. The topological polar surface area (TPSA) is 0 Å². The van der Waals surface area contributed by atoms with Crippen LogP contribution in [0.5, 0.6) is 0 Å². The molecule has 0 saturated heterocycles. The molecule has 8 rings (SSSR count). The van der Waals surface area contributed by atoms with Crippen molar-refractivity contribution in [2.24, 2.45) is 0 Å². The fraction of sp³-hybridized carbons (Fsp3) is 0.125. The second-order valence-corrected chi connectivity index (χ2v) is 12.1. The Morgan fingerprint density at radius 3 is 2.06 bits per heavy atom.